The Morgan fingerprint density at radius 1 is 0.647 bits per heavy atom. The zero-order chi connectivity index (χ0) is 23.2. The summed E-state index contributed by atoms with van der Waals surface area (Å²) < 4.78 is 12.1. The summed E-state index contributed by atoms with van der Waals surface area (Å²) in [6, 6.07) is 27.9. The number of allylic oxidation sites excluding steroid dienone is 2. The van der Waals surface area contributed by atoms with E-state index in [4.69, 9.17) is 8.83 Å². The number of rotatable bonds is 4. The number of hydrogen-bond acceptors (Lipinski definition) is 2. The molecule has 6 rings (SSSR count). The molecule has 0 bridgehead atoms. The van der Waals surface area contributed by atoms with Gasteiger partial charge in [-0.2, -0.15) is 0 Å². The van der Waals surface area contributed by atoms with Gasteiger partial charge >= 0.3 is 0 Å². The van der Waals surface area contributed by atoms with Crippen LogP contribution in [0, 0.1) is 13.8 Å². The molecule has 2 heteroatoms. The summed E-state index contributed by atoms with van der Waals surface area (Å²) in [7, 11) is 0. The summed E-state index contributed by atoms with van der Waals surface area (Å²) in [4.78, 5) is 0. The van der Waals surface area contributed by atoms with E-state index in [1.807, 2.05) is 13.0 Å². The van der Waals surface area contributed by atoms with Crippen LogP contribution in [0.4, 0.5) is 0 Å². The Hall–Kier alpha value is -4.30. The second kappa shape index (κ2) is 7.93. The summed E-state index contributed by atoms with van der Waals surface area (Å²) >= 11 is 0. The highest BCUT2D eigenvalue weighted by Gasteiger charge is 2.12. The third-order valence-corrected chi connectivity index (χ3v) is 6.53. The van der Waals surface area contributed by atoms with Gasteiger partial charge < -0.3 is 8.83 Å². The normalized spacial score (nSPS) is 11.8. The zero-order valence-electron chi connectivity index (χ0n) is 19.3. The van der Waals surface area contributed by atoms with E-state index in [-0.39, 0.29) is 0 Å². The van der Waals surface area contributed by atoms with Gasteiger partial charge in [0.2, 0.25) is 0 Å². The van der Waals surface area contributed by atoms with Gasteiger partial charge in [-0.15, -0.1) is 0 Å². The molecule has 0 N–H and O–H groups in total. The minimum absolute atomic E-state index is 0.897. The molecule has 0 aliphatic carbocycles. The van der Waals surface area contributed by atoms with Crippen molar-refractivity contribution in [1.82, 2.24) is 0 Å². The quantitative estimate of drug-likeness (QED) is 0.255. The largest absolute Gasteiger partial charge is 0.461 e. The molecule has 0 spiro atoms. The average molecular weight is 441 g/mol. The molecule has 0 saturated carbocycles. The van der Waals surface area contributed by atoms with Crippen molar-refractivity contribution in [3.8, 4) is 22.3 Å². The fourth-order valence-electron chi connectivity index (χ4n) is 4.79. The summed E-state index contributed by atoms with van der Waals surface area (Å²) in [6.45, 7) is 7.88. The minimum Gasteiger partial charge on any atom is -0.461 e. The Morgan fingerprint density at radius 2 is 1.29 bits per heavy atom. The molecule has 0 unspecified atom stereocenters. The summed E-state index contributed by atoms with van der Waals surface area (Å²) in [5, 5.41) is 3.42. The molecule has 34 heavy (non-hydrogen) atoms. The van der Waals surface area contributed by atoms with Crippen LogP contribution in [0.3, 0.4) is 0 Å². The molecule has 2 aromatic heterocycles. The lowest BCUT2D eigenvalue weighted by atomic mass is 9.96. The van der Waals surface area contributed by atoms with Gasteiger partial charge in [0.25, 0.3) is 0 Å². The summed E-state index contributed by atoms with van der Waals surface area (Å²) in [5.41, 5.74) is 9.72. The number of hydrogen-bond donors (Lipinski definition) is 0. The monoisotopic (exact) mass is 440 g/mol. The maximum Gasteiger partial charge on any atom is 0.138 e. The molecular weight excluding hydrogens is 416 g/mol. The van der Waals surface area contributed by atoms with Crippen LogP contribution in [0.2, 0.25) is 0 Å². The Balaban J connectivity index is 1.46. The van der Waals surface area contributed by atoms with E-state index >= 15 is 0 Å². The maximum absolute atomic E-state index is 6.13. The van der Waals surface area contributed by atoms with Crippen LogP contribution in [0.1, 0.15) is 16.9 Å². The molecule has 164 valence electrons. The molecule has 6 aromatic rings. The highest BCUT2D eigenvalue weighted by Crippen LogP contribution is 2.36. The van der Waals surface area contributed by atoms with E-state index in [2.05, 4.69) is 98.4 Å². The van der Waals surface area contributed by atoms with Gasteiger partial charge in [-0.1, -0.05) is 73.3 Å². The number of fused-ring (bicyclic) bond motifs is 4. The van der Waals surface area contributed by atoms with Crippen LogP contribution in [0.25, 0.3) is 61.2 Å². The maximum atomic E-state index is 6.13. The van der Waals surface area contributed by atoms with E-state index < -0.39 is 0 Å². The van der Waals surface area contributed by atoms with Crippen LogP contribution in [0.15, 0.2) is 106 Å². The fraction of sp³-hybridized carbons (Fsp3) is 0.0625. The van der Waals surface area contributed by atoms with E-state index in [0.29, 0.717) is 0 Å². The molecule has 0 amide bonds. The van der Waals surface area contributed by atoms with Crippen LogP contribution in [0.5, 0.6) is 0 Å². The number of furan rings is 2. The molecule has 4 aromatic carbocycles. The summed E-state index contributed by atoms with van der Waals surface area (Å²) in [6.07, 6.45) is 5.79. The Kier molecular flexibility index (Phi) is 4.74. The van der Waals surface area contributed by atoms with Gasteiger partial charge in [-0.05, 0) is 72.0 Å². The molecule has 2 heterocycles. The Bertz CT molecular complexity index is 1740. The zero-order valence-corrected chi connectivity index (χ0v) is 19.3. The van der Waals surface area contributed by atoms with E-state index in [0.717, 1.165) is 55.4 Å². The smallest absolute Gasteiger partial charge is 0.138 e. The number of benzene rings is 4. The first-order valence-corrected chi connectivity index (χ1v) is 11.5. The van der Waals surface area contributed by atoms with Crippen LogP contribution < -0.4 is 0 Å². The average Bonchev–Trinajstić information content (AvgIpc) is 3.39. The molecule has 0 radical (unpaired) electrons. The lowest BCUT2D eigenvalue weighted by Gasteiger charge is -2.07. The molecule has 0 aliphatic heterocycles. The van der Waals surface area contributed by atoms with E-state index in [9.17, 15) is 0 Å². The van der Waals surface area contributed by atoms with Crippen LogP contribution in [-0.4, -0.2) is 0 Å². The van der Waals surface area contributed by atoms with Gasteiger partial charge in [0.05, 0.1) is 0 Å². The first kappa shape index (κ1) is 20.3. The predicted molar refractivity (Wildman–Crippen MR) is 143 cm³/mol. The van der Waals surface area contributed by atoms with Crippen molar-refractivity contribution in [2.75, 3.05) is 0 Å². The van der Waals surface area contributed by atoms with Gasteiger partial charge in [0.15, 0.2) is 0 Å². The molecular formula is C32H24O2. The molecule has 0 fully saturated rings. The van der Waals surface area contributed by atoms with Gasteiger partial charge in [0.1, 0.15) is 22.5 Å². The fourth-order valence-corrected chi connectivity index (χ4v) is 4.79. The van der Waals surface area contributed by atoms with Crippen LogP contribution in [-0.2, 0) is 0 Å². The van der Waals surface area contributed by atoms with E-state index in [1.165, 1.54) is 16.7 Å². The van der Waals surface area contributed by atoms with Gasteiger partial charge in [-0.3, -0.25) is 0 Å². The molecule has 2 nitrogen and oxygen atoms in total. The Labute approximate surface area is 198 Å². The lowest BCUT2D eigenvalue weighted by Crippen LogP contribution is -1.82. The standard InChI is InChI=1S/C32H24O2/c1-4-5-11-26-21(3)33-30-15-13-24(18-28(26)30)22-9-7-10-23(17-22)25-14-16-31-29(19-25)27-12-6-8-20(2)32(27)34-31/h4-19H,1H2,2-3H3/b11-5-. The second-order valence-electron chi connectivity index (χ2n) is 8.72. The van der Waals surface area contributed by atoms with Crippen molar-refractivity contribution in [2.45, 2.75) is 13.8 Å². The highest BCUT2D eigenvalue weighted by atomic mass is 16.3. The Morgan fingerprint density at radius 3 is 2.03 bits per heavy atom. The number of aryl methyl sites for hydroxylation is 2. The third kappa shape index (κ3) is 3.27. The van der Waals surface area contributed by atoms with Crippen molar-refractivity contribution in [2.24, 2.45) is 0 Å². The number of para-hydroxylation sites is 1. The van der Waals surface area contributed by atoms with Crippen LogP contribution >= 0.6 is 0 Å². The first-order valence-electron chi connectivity index (χ1n) is 11.5. The third-order valence-electron chi connectivity index (χ3n) is 6.53. The molecule has 0 aliphatic rings. The van der Waals surface area contributed by atoms with E-state index in [1.54, 1.807) is 6.08 Å². The van der Waals surface area contributed by atoms with Gasteiger partial charge in [0, 0.05) is 21.7 Å². The first-order chi connectivity index (χ1) is 16.6. The minimum atomic E-state index is 0.897. The SMILES string of the molecule is C=C/C=C\c1c(C)oc2ccc(-c3cccc(-c4ccc5oc6c(C)cccc6c5c4)c3)cc12. The predicted octanol–water partition coefficient (Wildman–Crippen LogP) is 9.48. The van der Waals surface area contributed by atoms with Crippen molar-refractivity contribution in [3.63, 3.8) is 0 Å². The van der Waals surface area contributed by atoms with Gasteiger partial charge in [-0.25, -0.2) is 0 Å². The highest BCUT2D eigenvalue weighted by molar-refractivity contribution is 6.07. The van der Waals surface area contributed by atoms with Crippen molar-refractivity contribution >= 4 is 39.0 Å². The molecule has 0 saturated heterocycles. The van der Waals surface area contributed by atoms with Crippen molar-refractivity contribution in [1.29, 1.82) is 0 Å². The lowest BCUT2D eigenvalue weighted by molar-refractivity contribution is 0.577. The van der Waals surface area contributed by atoms with Crippen molar-refractivity contribution < 1.29 is 8.83 Å². The topological polar surface area (TPSA) is 26.3 Å². The second-order valence-corrected chi connectivity index (χ2v) is 8.72. The molecule has 0 atom stereocenters. The van der Waals surface area contributed by atoms with Crippen molar-refractivity contribution in [3.05, 3.63) is 114 Å². The summed E-state index contributed by atoms with van der Waals surface area (Å²) in [5.74, 6) is 0.912.